The highest BCUT2D eigenvalue weighted by Crippen LogP contribution is 2.39. The van der Waals surface area contributed by atoms with Crippen LogP contribution in [-0.2, 0) is 9.59 Å². The summed E-state index contributed by atoms with van der Waals surface area (Å²) in [5.41, 5.74) is 10.2. The van der Waals surface area contributed by atoms with Crippen molar-refractivity contribution in [1.29, 1.82) is 0 Å². The molecule has 3 aromatic carbocycles. The Labute approximate surface area is 370 Å². The van der Waals surface area contributed by atoms with Crippen LogP contribution in [0.1, 0.15) is 108 Å². The van der Waals surface area contributed by atoms with E-state index >= 15 is 0 Å². The number of nitrogens with zero attached hydrogens (tertiary/aromatic N) is 6. The van der Waals surface area contributed by atoms with E-state index in [9.17, 15) is 19.5 Å². The third-order valence-electron chi connectivity index (χ3n) is 12.0. The van der Waals surface area contributed by atoms with Crippen molar-refractivity contribution in [2.45, 2.75) is 99.0 Å². The van der Waals surface area contributed by atoms with Crippen LogP contribution in [0.3, 0.4) is 0 Å². The predicted molar refractivity (Wildman–Crippen MR) is 245 cm³/mol. The van der Waals surface area contributed by atoms with Gasteiger partial charge in [-0.05, 0) is 93.0 Å². The average Bonchev–Trinajstić information content (AvgIpc) is 4.02. The highest BCUT2D eigenvalue weighted by atomic mass is 32.1. The number of carbonyl (C=O) groups is 3. The molecule has 3 aromatic heterocycles. The molecule has 14 heteroatoms. The molecular weight excluding hydrogens is 817 g/mol. The van der Waals surface area contributed by atoms with Gasteiger partial charge in [0.2, 0.25) is 11.8 Å². The number of aromatic nitrogens is 4. The second kappa shape index (κ2) is 16.8. The van der Waals surface area contributed by atoms with Gasteiger partial charge in [0.15, 0.2) is 5.82 Å². The summed E-state index contributed by atoms with van der Waals surface area (Å²) < 4.78 is 2.12. The Balaban J connectivity index is 1.00. The van der Waals surface area contributed by atoms with Crippen LogP contribution in [0.2, 0.25) is 0 Å². The van der Waals surface area contributed by atoms with Crippen molar-refractivity contribution in [3.05, 3.63) is 128 Å². The summed E-state index contributed by atoms with van der Waals surface area (Å²) in [7, 11) is 0. The highest BCUT2D eigenvalue weighted by Gasteiger charge is 2.45. The standard InChI is InChI=1S/C48H52N8O4S2/c1-25-29(5)62-47-39(25)40(50-28(4)43-54-53-30(6)56(43)47)35-14-10-12-33(20-35)34-13-11-15-36(21-34)44(58)52-42(48(7,8)9)46(60)55-23-37(57)22-38(55)45(59)51-26(2)31-16-18-32(19-17-31)41-27(3)49-24-61-41/h10-21,24,26,28,37-38,42,57H,22-23H2,1-9H3,(H,51,59)(H,52,58)/t26-,28-,37+,38-,42?/m0/s1. The average molecular weight is 869 g/mol. The summed E-state index contributed by atoms with van der Waals surface area (Å²) in [5.74, 6) is 0.419. The largest absolute Gasteiger partial charge is 0.391 e. The molecule has 0 bridgehead atoms. The number of amides is 3. The molecule has 3 amide bonds. The fraction of sp³-hybridized carbons (Fsp3) is 0.354. The molecule has 320 valence electrons. The van der Waals surface area contributed by atoms with Crippen LogP contribution in [0.25, 0.3) is 26.6 Å². The zero-order valence-corrected chi connectivity index (χ0v) is 38.1. The van der Waals surface area contributed by atoms with E-state index in [2.05, 4.69) is 56.4 Å². The number of aliphatic hydroxyl groups excluding tert-OH is 1. The minimum absolute atomic E-state index is 0.0160. The van der Waals surface area contributed by atoms with Gasteiger partial charge in [0.25, 0.3) is 5.91 Å². The first-order valence-electron chi connectivity index (χ1n) is 20.9. The highest BCUT2D eigenvalue weighted by molar-refractivity contribution is 7.15. The summed E-state index contributed by atoms with van der Waals surface area (Å²) in [6, 6.07) is 21.1. The van der Waals surface area contributed by atoms with Gasteiger partial charge in [-0.15, -0.1) is 32.9 Å². The lowest BCUT2D eigenvalue weighted by Gasteiger charge is -2.35. The van der Waals surface area contributed by atoms with Crippen LogP contribution in [0.5, 0.6) is 0 Å². The maximum absolute atomic E-state index is 14.5. The number of fused-ring (bicyclic) bond motifs is 3. The van der Waals surface area contributed by atoms with Crippen LogP contribution >= 0.6 is 22.7 Å². The summed E-state index contributed by atoms with van der Waals surface area (Å²) in [4.78, 5) is 55.7. The van der Waals surface area contributed by atoms with Gasteiger partial charge < -0.3 is 20.6 Å². The van der Waals surface area contributed by atoms with Gasteiger partial charge in [-0.25, -0.2) is 4.98 Å². The number of aryl methyl sites for hydroxylation is 3. The fourth-order valence-corrected chi connectivity index (χ4v) is 10.4. The van der Waals surface area contributed by atoms with E-state index in [-0.39, 0.29) is 31.0 Å². The smallest absolute Gasteiger partial charge is 0.251 e. The second-order valence-corrected chi connectivity index (χ2v) is 19.6. The van der Waals surface area contributed by atoms with E-state index in [0.29, 0.717) is 5.56 Å². The summed E-state index contributed by atoms with van der Waals surface area (Å²) in [6.07, 6.45) is -0.787. The Morgan fingerprint density at radius 1 is 0.887 bits per heavy atom. The van der Waals surface area contributed by atoms with Crippen molar-refractivity contribution in [2.75, 3.05) is 6.54 Å². The quantitative estimate of drug-likeness (QED) is 0.132. The van der Waals surface area contributed by atoms with Crippen LogP contribution in [0, 0.1) is 33.1 Å². The van der Waals surface area contributed by atoms with E-state index in [4.69, 9.17) is 4.99 Å². The van der Waals surface area contributed by atoms with Crippen LogP contribution in [0.15, 0.2) is 83.3 Å². The minimum atomic E-state index is -0.988. The number of thiophene rings is 1. The van der Waals surface area contributed by atoms with Crippen molar-refractivity contribution in [3.63, 3.8) is 0 Å². The van der Waals surface area contributed by atoms with Crippen molar-refractivity contribution >= 4 is 46.1 Å². The number of hydrogen-bond acceptors (Lipinski definition) is 10. The summed E-state index contributed by atoms with van der Waals surface area (Å²) >= 11 is 3.30. The Bertz CT molecular complexity index is 2720. The lowest BCUT2D eigenvalue weighted by molar-refractivity contribution is -0.142. The Kier molecular flexibility index (Phi) is 11.6. The van der Waals surface area contributed by atoms with Crippen molar-refractivity contribution in [1.82, 2.24) is 35.3 Å². The molecule has 62 heavy (non-hydrogen) atoms. The molecule has 1 saturated heterocycles. The molecule has 6 aromatic rings. The molecule has 2 aliphatic rings. The predicted octanol–water partition coefficient (Wildman–Crippen LogP) is 8.25. The van der Waals surface area contributed by atoms with Gasteiger partial charge in [-0.2, -0.15) is 0 Å². The van der Waals surface area contributed by atoms with E-state index in [1.54, 1.807) is 28.7 Å². The molecule has 0 aliphatic carbocycles. The number of aliphatic imine (C=N–C) groups is 1. The van der Waals surface area contributed by atoms with Crippen LogP contribution < -0.4 is 10.6 Å². The molecule has 2 aliphatic heterocycles. The number of rotatable bonds is 9. The topological polar surface area (TPSA) is 155 Å². The van der Waals surface area contributed by atoms with Gasteiger partial charge in [-0.3, -0.25) is 23.9 Å². The lowest BCUT2D eigenvalue weighted by Crippen LogP contribution is -2.57. The lowest BCUT2D eigenvalue weighted by atomic mass is 9.85. The molecule has 0 saturated carbocycles. The molecule has 1 fully saturated rings. The maximum atomic E-state index is 14.5. The second-order valence-electron chi connectivity index (χ2n) is 17.5. The number of hydrogen-bond donors (Lipinski definition) is 3. The Morgan fingerprint density at radius 2 is 1.58 bits per heavy atom. The minimum Gasteiger partial charge on any atom is -0.391 e. The van der Waals surface area contributed by atoms with E-state index < -0.39 is 35.4 Å². The third-order valence-corrected chi connectivity index (χ3v) is 14.1. The van der Waals surface area contributed by atoms with Crippen LogP contribution in [0.4, 0.5) is 0 Å². The SMILES string of the molecule is Cc1ncsc1-c1ccc([C@H](C)NC(=O)[C@@H]2C[C@@H](O)CN2C(=O)C(NC(=O)c2cccc(-c3cccc(C4=N[C@@H](C)c5nnc(C)n5-c5sc(C)c(C)c54)c3)c2)C(C)(C)C)cc1. The van der Waals surface area contributed by atoms with Crippen molar-refractivity contribution in [3.8, 4) is 26.6 Å². The zero-order chi connectivity index (χ0) is 44.2. The molecule has 5 heterocycles. The van der Waals surface area contributed by atoms with Gasteiger partial charge in [0.1, 0.15) is 29.0 Å². The van der Waals surface area contributed by atoms with E-state index in [1.807, 2.05) is 109 Å². The molecule has 12 nitrogen and oxygen atoms in total. The first-order chi connectivity index (χ1) is 29.5. The number of likely N-dealkylation sites (tertiary alicyclic amines) is 1. The molecule has 5 atom stereocenters. The maximum Gasteiger partial charge on any atom is 0.251 e. The van der Waals surface area contributed by atoms with Gasteiger partial charge in [0, 0.05) is 34.5 Å². The zero-order valence-electron chi connectivity index (χ0n) is 36.5. The van der Waals surface area contributed by atoms with Crippen molar-refractivity contribution < 1.29 is 19.5 Å². The molecule has 3 N–H and O–H groups in total. The van der Waals surface area contributed by atoms with Gasteiger partial charge in [-0.1, -0.05) is 75.4 Å². The Morgan fingerprint density at radius 3 is 2.27 bits per heavy atom. The number of carbonyl (C=O) groups excluding carboxylic acids is 3. The fourth-order valence-electron chi connectivity index (χ4n) is 8.40. The number of nitrogens with one attached hydrogen (secondary N) is 2. The van der Waals surface area contributed by atoms with Gasteiger partial charge >= 0.3 is 0 Å². The molecule has 0 radical (unpaired) electrons. The molecule has 8 rings (SSSR count). The number of aliphatic hydroxyl groups is 1. The van der Waals surface area contributed by atoms with E-state index in [1.165, 1.54) is 9.78 Å². The summed E-state index contributed by atoms with van der Waals surface area (Å²) in [6.45, 7) is 17.7. The van der Waals surface area contributed by atoms with E-state index in [0.717, 1.165) is 71.9 Å². The van der Waals surface area contributed by atoms with Crippen LogP contribution in [-0.4, -0.2) is 77.9 Å². The molecular formula is C48H52N8O4S2. The van der Waals surface area contributed by atoms with Gasteiger partial charge in [0.05, 0.1) is 33.9 Å². The summed E-state index contributed by atoms with van der Waals surface area (Å²) in [5, 5.41) is 26.8. The number of benzene rings is 3. The third kappa shape index (κ3) is 8.14. The Hall–Kier alpha value is -5.83. The first kappa shape index (κ1) is 42.8. The number of thiazole rings is 1. The first-order valence-corrected chi connectivity index (χ1v) is 22.6. The van der Waals surface area contributed by atoms with Crippen molar-refractivity contribution in [2.24, 2.45) is 10.4 Å². The number of β-amino-alcohol motifs (C(OH)–C–C–N with tert-alkyl or cyclic N) is 1. The molecule has 0 spiro atoms. The monoisotopic (exact) mass is 868 g/mol. The normalized spacial score (nSPS) is 18.3. The molecule has 1 unspecified atom stereocenters.